The molecule has 0 fully saturated rings. The van der Waals surface area contributed by atoms with Crippen LogP contribution in [0.2, 0.25) is 0 Å². The second-order valence-electron chi connectivity index (χ2n) is 2.07. The van der Waals surface area contributed by atoms with E-state index in [9.17, 15) is 0 Å². The van der Waals surface area contributed by atoms with Crippen molar-refractivity contribution in [2.24, 2.45) is 5.73 Å². The number of likely N-dealkylation sites (N-methyl/N-ethyl adjacent to an activating group) is 1. The zero-order valence-electron chi connectivity index (χ0n) is 5.59. The first-order valence-electron chi connectivity index (χ1n) is 2.76. The number of aliphatic hydroxyl groups excluding tert-OH is 1. The normalized spacial score (nSPS) is 14.5. The van der Waals surface area contributed by atoms with Gasteiger partial charge in [0.1, 0.15) is 0 Å². The number of hydrogen-bond acceptors (Lipinski definition) is 3. The van der Waals surface area contributed by atoms with Crippen LogP contribution in [0.1, 0.15) is 0 Å². The summed E-state index contributed by atoms with van der Waals surface area (Å²) in [6.07, 6.45) is 0. The molecule has 0 radical (unpaired) electrons. The molecule has 0 aromatic rings. The third kappa shape index (κ3) is 1.31. The Labute approximate surface area is 58.2 Å². The number of hydrogen-bond donors (Lipinski definition) is 3. The number of nitrogens with two attached hydrogens (primary N) is 1. The van der Waals surface area contributed by atoms with Crippen LogP contribution in [0.5, 0.6) is 0 Å². The van der Waals surface area contributed by atoms with Crippen LogP contribution in [0.15, 0.2) is 11.7 Å². The van der Waals surface area contributed by atoms with Crippen LogP contribution in [0.3, 0.4) is 0 Å². The summed E-state index contributed by atoms with van der Waals surface area (Å²) in [4.78, 5) is 1.46. The minimum atomic E-state index is -0.0481. The number of rotatable bonds is 2. The van der Waals surface area contributed by atoms with Gasteiger partial charge in [0.25, 0.3) is 0 Å². The lowest BCUT2D eigenvalue weighted by atomic mass is 10.5. The van der Waals surface area contributed by atoms with Crippen LogP contribution in [0.25, 0.3) is 0 Å². The quantitative estimate of drug-likeness (QED) is 0.361. The number of nitrogens with zero attached hydrogens (tertiary/aromatic N) is 1. The minimum Gasteiger partial charge on any atom is -0.478 e. The molecule has 1 rings (SSSR count). The van der Waals surface area contributed by atoms with Gasteiger partial charge < -0.3 is 20.5 Å². The van der Waals surface area contributed by atoms with Gasteiger partial charge in [0, 0.05) is 7.05 Å². The highest BCUT2D eigenvalue weighted by Gasteiger charge is 2.25. The van der Waals surface area contributed by atoms with Crippen molar-refractivity contribution < 1.29 is 9.84 Å². The van der Waals surface area contributed by atoms with Gasteiger partial charge in [-0.3, -0.25) is 5.41 Å². The molecule has 10 heavy (non-hydrogen) atoms. The van der Waals surface area contributed by atoms with Crippen molar-refractivity contribution >= 4 is 5.96 Å². The number of ether oxygens (including phenoxy) is 1. The van der Waals surface area contributed by atoms with Crippen LogP contribution >= 0.6 is 0 Å². The summed E-state index contributed by atoms with van der Waals surface area (Å²) >= 11 is 0. The summed E-state index contributed by atoms with van der Waals surface area (Å²) in [7, 11) is 1.64. The Morgan fingerprint density at radius 3 is 2.70 bits per heavy atom. The second-order valence-corrected chi connectivity index (χ2v) is 2.07. The van der Waals surface area contributed by atoms with Crippen LogP contribution in [-0.4, -0.2) is 29.6 Å². The Morgan fingerprint density at radius 2 is 2.40 bits per heavy atom. The molecule has 1 aliphatic rings. The van der Waals surface area contributed by atoms with Crippen molar-refractivity contribution in [2.45, 2.75) is 0 Å². The van der Waals surface area contributed by atoms with Crippen molar-refractivity contribution in [3.8, 4) is 0 Å². The number of nitrogens with one attached hydrogen (secondary N) is 1. The molecule has 5 heteroatoms. The predicted octanol–water partition coefficient (Wildman–Crippen LogP) is -0.431. The van der Waals surface area contributed by atoms with Gasteiger partial charge in [-0.2, -0.15) is 0 Å². The standard InChI is InChI=1S/C5H9N3O2/c1-8(5(6)7)2-3-4(9)10-3/h9H,2H2,1H3,(H3,6,7). The Morgan fingerprint density at radius 1 is 1.90 bits per heavy atom. The van der Waals surface area contributed by atoms with Gasteiger partial charge in [-0.05, 0) is 0 Å². The fraction of sp³-hybridized carbons (Fsp3) is 0.400. The summed E-state index contributed by atoms with van der Waals surface area (Å²) in [6, 6.07) is 0. The van der Waals surface area contributed by atoms with Gasteiger partial charge in [0.2, 0.25) is 5.76 Å². The van der Waals surface area contributed by atoms with Gasteiger partial charge in [-0.25, -0.2) is 0 Å². The molecule has 0 saturated heterocycles. The average Bonchev–Trinajstić information content (AvgIpc) is 2.46. The van der Waals surface area contributed by atoms with Crippen LogP contribution in [0, 0.1) is 5.41 Å². The Balaban J connectivity index is 2.33. The van der Waals surface area contributed by atoms with E-state index < -0.39 is 0 Å². The first kappa shape index (κ1) is 6.73. The molecule has 0 spiro atoms. The highest BCUT2D eigenvalue weighted by atomic mass is 16.7. The first-order valence-corrected chi connectivity index (χ1v) is 2.76. The molecule has 1 aliphatic heterocycles. The third-order valence-corrected chi connectivity index (χ3v) is 1.21. The largest absolute Gasteiger partial charge is 0.478 e. The molecule has 0 aliphatic carbocycles. The highest BCUT2D eigenvalue weighted by Crippen LogP contribution is 2.22. The second kappa shape index (κ2) is 2.09. The van der Waals surface area contributed by atoms with E-state index in [0.717, 1.165) is 0 Å². The molecule has 4 N–H and O–H groups in total. The number of aliphatic hydroxyl groups is 1. The Bertz CT molecular complexity index is 199. The summed E-state index contributed by atoms with van der Waals surface area (Å²) in [5.41, 5.74) is 5.11. The lowest BCUT2D eigenvalue weighted by Crippen LogP contribution is -2.33. The summed E-state index contributed by atoms with van der Waals surface area (Å²) in [6.45, 7) is 0.362. The van der Waals surface area contributed by atoms with E-state index in [-0.39, 0.29) is 11.9 Å². The minimum absolute atomic E-state index is 0.0456. The topological polar surface area (TPSA) is 85.9 Å². The van der Waals surface area contributed by atoms with E-state index >= 15 is 0 Å². The zero-order valence-corrected chi connectivity index (χ0v) is 5.59. The van der Waals surface area contributed by atoms with Gasteiger partial charge >= 0.3 is 5.95 Å². The maximum atomic E-state index is 8.58. The monoisotopic (exact) mass is 143 g/mol. The van der Waals surface area contributed by atoms with E-state index in [0.29, 0.717) is 12.3 Å². The fourth-order valence-electron chi connectivity index (χ4n) is 0.492. The lowest BCUT2D eigenvalue weighted by Gasteiger charge is -2.11. The zero-order chi connectivity index (χ0) is 7.72. The van der Waals surface area contributed by atoms with Gasteiger partial charge in [-0.15, -0.1) is 0 Å². The van der Waals surface area contributed by atoms with Gasteiger partial charge in [-0.1, -0.05) is 0 Å². The molecule has 1 heterocycles. The summed E-state index contributed by atoms with van der Waals surface area (Å²) < 4.78 is 4.53. The maximum Gasteiger partial charge on any atom is 0.324 e. The first-order chi connectivity index (χ1) is 4.61. The van der Waals surface area contributed by atoms with E-state index in [2.05, 4.69) is 4.74 Å². The van der Waals surface area contributed by atoms with Crippen molar-refractivity contribution in [1.29, 1.82) is 5.41 Å². The van der Waals surface area contributed by atoms with Crippen molar-refractivity contribution in [3.05, 3.63) is 11.7 Å². The SMILES string of the molecule is CN(CC1=C(O)O1)C(=N)N. The molecular formula is C5H9N3O2. The summed E-state index contributed by atoms with van der Waals surface area (Å²) in [5, 5.41) is 15.5. The Hall–Kier alpha value is -1.39. The molecule has 0 saturated carbocycles. The average molecular weight is 143 g/mol. The molecule has 0 unspecified atom stereocenters. The van der Waals surface area contributed by atoms with Crippen LogP contribution in [0.4, 0.5) is 0 Å². The van der Waals surface area contributed by atoms with Gasteiger partial charge in [0.05, 0.1) is 6.54 Å². The predicted molar refractivity (Wildman–Crippen MR) is 35.3 cm³/mol. The van der Waals surface area contributed by atoms with E-state index in [1.54, 1.807) is 7.05 Å². The molecule has 0 amide bonds. The van der Waals surface area contributed by atoms with E-state index in [1.165, 1.54) is 4.90 Å². The van der Waals surface area contributed by atoms with E-state index in [4.69, 9.17) is 16.2 Å². The van der Waals surface area contributed by atoms with Crippen LogP contribution in [-0.2, 0) is 4.74 Å². The Kier molecular flexibility index (Phi) is 1.41. The van der Waals surface area contributed by atoms with E-state index in [1.807, 2.05) is 0 Å². The molecule has 0 aromatic heterocycles. The highest BCUT2D eigenvalue weighted by molar-refractivity contribution is 5.74. The fourth-order valence-corrected chi connectivity index (χ4v) is 0.492. The van der Waals surface area contributed by atoms with Crippen molar-refractivity contribution in [3.63, 3.8) is 0 Å². The molecule has 0 atom stereocenters. The molecule has 0 bridgehead atoms. The van der Waals surface area contributed by atoms with Crippen LogP contribution < -0.4 is 5.73 Å². The third-order valence-electron chi connectivity index (χ3n) is 1.21. The molecule has 56 valence electrons. The van der Waals surface area contributed by atoms with Crippen molar-refractivity contribution in [2.75, 3.05) is 13.6 Å². The van der Waals surface area contributed by atoms with Crippen molar-refractivity contribution in [1.82, 2.24) is 4.90 Å². The van der Waals surface area contributed by atoms with Gasteiger partial charge in [0.15, 0.2) is 5.96 Å². The number of guanidine groups is 1. The molecule has 0 aromatic carbocycles. The molecule has 5 nitrogen and oxygen atoms in total. The maximum absolute atomic E-state index is 8.58. The smallest absolute Gasteiger partial charge is 0.324 e. The molecular weight excluding hydrogens is 134 g/mol. The lowest BCUT2D eigenvalue weighted by molar-refractivity contribution is 0.271. The summed E-state index contributed by atoms with van der Waals surface area (Å²) in [5.74, 6) is 0.390.